The van der Waals surface area contributed by atoms with Crippen LogP contribution in [0.2, 0.25) is 0 Å². The number of rotatable bonds is 4. The van der Waals surface area contributed by atoms with Gasteiger partial charge in [-0.1, -0.05) is 25.1 Å². The monoisotopic (exact) mass is 292 g/mol. The molecule has 116 valence electrons. The molecule has 1 aromatic carbocycles. The number of benzene rings is 1. The van der Waals surface area contributed by atoms with Crippen LogP contribution in [0.3, 0.4) is 0 Å². The SMILES string of the molecule is CCC(O)c1ccccc1OC1CCOC2(CCOC2)C1. The summed E-state index contributed by atoms with van der Waals surface area (Å²) in [5.74, 6) is 0.799. The van der Waals surface area contributed by atoms with E-state index < -0.39 is 6.10 Å². The molecule has 2 fully saturated rings. The predicted molar refractivity (Wildman–Crippen MR) is 79.5 cm³/mol. The van der Waals surface area contributed by atoms with Crippen LogP contribution in [-0.4, -0.2) is 36.6 Å². The van der Waals surface area contributed by atoms with E-state index >= 15 is 0 Å². The predicted octanol–water partition coefficient (Wildman–Crippen LogP) is 2.85. The van der Waals surface area contributed by atoms with Crippen molar-refractivity contribution in [3.05, 3.63) is 29.8 Å². The van der Waals surface area contributed by atoms with E-state index in [4.69, 9.17) is 14.2 Å². The van der Waals surface area contributed by atoms with E-state index in [1.807, 2.05) is 31.2 Å². The Morgan fingerprint density at radius 1 is 1.38 bits per heavy atom. The van der Waals surface area contributed by atoms with Gasteiger partial charge in [-0.05, 0) is 12.5 Å². The molecule has 1 spiro atoms. The highest BCUT2D eigenvalue weighted by molar-refractivity contribution is 5.35. The molecule has 0 bridgehead atoms. The first-order valence-corrected chi connectivity index (χ1v) is 7.88. The summed E-state index contributed by atoms with van der Waals surface area (Å²) < 4.78 is 17.6. The van der Waals surface area contributed by atoms with E-state index in [2.05, 4.69) is 0 Å². The highest BCUT2D eigenvalue weighted by Crippen LogP contribution is 2.36. The average molecular weight is 292 g/mol. The Bertz CT molecular complexity index is 468. The molecular weight excluding hydrogens is 268 g/mol. The molecule has 3 rings (SSSR count). The fourth-order valence-corrected chi connectivity index (χ4v) is 3.21. The van der Waals surface area contributed by atoms with Crippen LogP contribution in [0.4, 0.5) is 0 Å². The molecule has 1 aromatic rings. The summed E-state index contributed by atoms with van der Waals surface area (Å²) in [5, 5.41) is 10.1. The number of para-hydroxylation sites is 1. The molecule has 1 N–H and O–H groups in total. The molecule has 0 aromatic heterocycles. The molecule has 3 unspecified atom stereocenters. The van der Waals surface area contributed by atoms with Crippen molar-refractivity contribution < 1.29 is 19.3 Å². The number of ether oxygens (including phenoxy) is 3. The van der Waals surface area contributed by atoms with Crippen molar-refractivity contribution in [3.63, 3.8) is 0 Å². The summed E-state index contributed by atoms with van der Waals surface area (Å²) in [6.07, 6.45) is 3.05. The summed E-state index contributed by atoms with van der Waals surface area (Å²) >= 11 is 0. The lowest BCUT2D eigenvalue weighted by Crippen LogP contribution is -2.44. The van der Waals surface area contributed by atoms with E-state index in [1.54, 1.807) is 0 Å². The van der Waals surface area contributed by atoms with Gasteiger partial charge in [0.05, 0.1) is 24.9 Å². The maximum Gasteiger partial charge on any atom is 0.125 e. The van der Waals surface area contributed by atoms with E-state index in [-0.39, 0.29) is 11.7 Å². The highest BCUT2D eigenvalue weighted by Gasteiger charge is 2.42. The lowest BCUT2D eigenvalue weighted by atomic mass is 9.91. The van der Waals surface area contributed by atoms with E-state index in [0.717, 1.165) is 37.2 Å². The Morgan fingerprint density at radius 2 is 2.24 bits per heavy atom. The van der Waals surface area contributed by atoms with Crippen molar-refractivity contribution in [1.29, 1.82) is 0 Å². The fraction of sp³-hybridized carbons (Fsp3) is 0.647. The first-order chi connectivity index (χ1) is 10.2. The Balaban J connectivity index is 1.71. The zero-order valence-corrected chi connectivity index (χ0v) is 12.6. The second-order valence-electron chi connectivity index (χ2n) is 6.03. The minimum absolute atomic E-state index is 0.130. The zero-order valence-electron chi connectivity index (χ0n) is 12.6. The molecule has 0 amide bonds. The zero-order chi connectivity index (χ0) is 14.7. The van der Waals surface area contributed by atoms with Gasteiger partial charge in [-0.15, -0.1) is 0 Å². The minimum atomic E-state index is -0.468. The van der Waals surface area contributed by atoms with Gasteiger partial charge in [-0.2, -0.15) is 0 Å². The minimum Gasteiger partial charge on any atom is -0.490 e. The molecule has 0 saturated carbocycles. The Kier molecular flexibility index (Phi) is 4.48. The van der Waals surface area contributed by atoms with E-state index in [9.17, 15) is 5.11 Å². The summed E-state index contributed by atoms with van der Waals surface area (Å²) in [6, 6.07) is 7.78. The van der Waals surface area contributed by atoms with Gasteiger partial charge < -0.3 is 19.3 Å². The van der Waals surface area contributed by atoms with Crippen LogP contribution in [0, 0.1) is 0 Å². The van der Waals surface area contributed by atoms with Gasteiger partial charge in [0.1, 0.15) is 11.9 Å². The molecule has 3 atom stereocenters. The first-order valence-electron chi connectivity index (χ1n) is 7.88. The van der Waals surface area contributed by atoms with Gasteiger partial charge in [0.25, 0.3) is 0 Å². The van der Waals surface area contributed by atoms with Crippen molar-refractivity contribution in [3.8, 4) is 5.75 Å². The Hall–Kier alpha value is -1.10. The molecule has 4 heteroatoms. The van der Waals surface area contributed by atoms with Crippen LogP contribution in [-0.2, 0) is 9.47 Å². The van der Waals surface area contributed by atoms with Crippen LogP contribution >= 0.6 is 0 Å². The normalized spacial score (nSPS) is 30.5. The fourth-order valence-electron chi connectivity index (χ4n) is 3.21. The van der Waals surface area contributed by atoms with Crippen molar-refractivity contribution in [2.45, 2.75) is 50.4 Å². The number of hydrogen-bond donors (Lipinski definition) is 1. The second-order valence-corrected chi connectivity index (χ2v) is 6.03. The quantitative estimate of drug-likeness (QED) is 0.927. The molecule has 2 heterocycles. The van der Waals surface area contributed by atoms with Crippen LogP contribution in [0.1, 0.15) is 44.3 Å². The van der Waals surface area contributed by atoms with Gasteiger partial charge in [0.15, 0.2) is 0 Å². The molecule has 2 aliphatic heterocycles. The molecule has 0 aliphatic carbocycles. The lowest BCUT2D eigenvalue weighted by molar-refractivity contribution is -0.112. The van der Waals surface area contributed by atoms with E-state index in [0.29, 0.717) is 19.6 Å². The van der Waals surface area contributed by atoms with Crippen molar-refractivity contribution in [2.75, 3.05) is 19.8 Å². The summed E-state index contributed by atoms with van der Waals surface area (Å²) in [6.45, 7) is 4.14. The van der Waals surface area contributed by atoms with E-state index in [1.165, 1.54) is 0 Å². The third kappa shape index (κ3) is 3.23. The highest BCUT2D eigenvalue weighted by atomic mass is 16.6. The largest absolute Gasteiger partial charge is 0.490 e. The van der Waals surface area contributed by atoms with Gasteiger partial charge in [-0.25, -0.2) is 0 Å². The maximum absolute atomic E-state index is 10.1. The smallest absolute Gasteiger partial charge is 0.125 e. The summed E-state index contributed by atoms with van der Waals surface area (Å²) in [7, 11) is 0. The molecule has 2 saturated heterocycles. The van der Waals surface area contributed by atoms with Gasteiger partial charge in [0, 0.05) is 31.4 Å². The van der Waals surface area contributed by atoms with Gasteiger partial charge in [-0.3, -0.25) is 0 Å². The van der Waals surface area contributed by atoms with Crippen LogP contribution < -0.4 is 4.74 Å². The van der Waals surface area contributed by atoms with Crippen molar-refractivity contribution >= 4 is 0 Å². The number of hydrogen-bond acceptors (Lipinski definition) is 4. The summed E-state index contributed by atoms with van der Waals surface area (Å²) in [5.41, 5.74) is 0.726. The third-order valence-electron chi connectivity index (χ3n) is 4.47. The Labute approximate surface area is 126 Å². The van der Waals surface area contributed by atoms with Crippen LogP contribution in [0.25, 0.3) is 0 Å². The Morgan fingerprint density at radius 3 is 3.00 bits per heavy atom. The van der Waals surface area contributed by atoms with Crippen LogP contribution in [0.15, 0.2) is 24.3 Å². The number of aliphatic hydroxyl groups is 1. The average Bonchev–Trinajstić information content (AvgIpc) is 2.95. The summed E-state index contributed by atoms with van der Waals surface area (Å²) in [4.78, 5) is 0. The number of aliphatic hydroxyl groups excluding tert-OH is 1. The topological polar surface area (TPSA) is 47.9 Å². The second kappa shape index (κ2) is 6.34. The maximum atomic E-state index is 10.1. The lowest BCUT2D eigenvalue weighted by Gasteiger charge is -2.37. The van der Waals surface area contributed by atoms with Crippen LogP contribution in [0.5, 0.6) is 5.75 Å². The molecule has 21 heavy (non-hydrogen) atoms. The molecule has 2 aliphatic rings. The third-order valence-corrected chi connectivity index (χ3v) is 4.47. The van der Waals surface area contributed by atoms with Gasteiger partial charge in [0.2, 0.25) is 0 Å². The molecule has 4 nitrogen and oxygen atoms in total. The van der Waals surface area contributed by atoms with Crippen molar-refractivity contribution in [2.24, 2.45) is 0 Å². The first kappa shape index (κ1) is 14.8. The van der Waals surface area contributed by atoms with Crippen molar-refractivity contribution in [1.82, 2.24) is 0 Å². The molecule has 0 radical (unpaired) electrons. The standard InChI is InChI=1S/C17H24O4/c1-2-15(18)14-5-3-4-6-16(14)21-13-7-9-20-17(11-13)8-10-19-12-17/h3-6,13,15,18H,2,7-12H2,1H3. The molecular formula is C17H24O4. The van der Waals surface area contributed by atoms with Gasteiger partial charge >= 0.3 is 0 Å².